The molecule has 1 unspecified atom stereocenters. The zero-order valence-electron chi connectivity index (χ0n) is 9.93. The van der Waals surface area contributed by atoms with E-state index in [0.717, 1.165) is 0 Å². The van der Waals surface area contributed by atoms with E-state index in [1.165, 1.54) is 12.1 Å². The summed E-state index contributed by atoms with van der Waals surface area (Å²) in [4.78, 5) is 11.0. The summed E-state index contributed by atoms with van der Waals surface area (Å²) in [7, 11) is 0. The molecule has 1 fully saturated rings. The van der Waals surface area contributed by atoms with Crippen LogP contribution in [0.25, 0.3) is 0 Å². The summed E-state index contributed by atoms with van der Waals surface area (Å²) in [5.74, 6) is -1.12. The molecular weight excluding hydrogens is 254 g/mol. The highest BCUT2D eigenvalue weighted by Crippen LogP contribution is 2.24. The minimum absolute atomic E-state index is 0.0280. The van der Waals surface area contributed by atoms with Crippen LogP contribution >= 0.6 is 0 Å². The number of hydrogen-bond acceptors (Lipinski definition) is 6. The molecule has 0 saturated carbocycles. The number of anilines is 1. The largest absolute Gasteiger partial charge is 0.478 e. The molecule has 1 aliphatic heterocycles. The summed E-state index contributed by atoms with van der Waals surface area (Å²) in [6.07, 6.45) is -4.35. The van der Waals surface area contributed by atoms with Gasteiger partial charge in [-0.25, -0.2) is 4.79 Å². The van der Waals surface area contributed by atoms with Crippen molar-refractivity contribution in [1.29, 1.82) is 0 Å². The number of aliphatic hydroxyl groups is 3. The van der Waals surface area contributed by atoms with Crippen molar-refractivity contribution in [3.63, 3.8) is 0 Å². The van der Waals surface area contributed by atoms with Crippen LogP contribution in [0.15, 0.2) is 24.3 Å². The molecule has 0 aromatic heterocycles. The molecule has 1 heterocycles. The first-order valence-electron chi connectivity index (χ1n) is 5.76. The van der Waals surface area contributed by atoms with E-state index in [4.69, 9.17) is 14.9 Å². The second kappa shape index (κ2) is 5.54. The maximum atomic E-state index is 11.0. The second-order valence-electron chi connectivity index (χ2n) is 4.25. The predicted octanol–water partition coefficient (Wildman–Crippen LogP) is -0.764. The van der Waals surface area contributed by atoms with E-state index in [1.807, 2.05) is 0 Å². The van der Waals surface area contributed by atoms with Crippen molar-refractivity contribution in [2.24, 2.45) is 0 Å². The Kier molecular flexibility index (Phi) is 4.01. The van der Waals surface area contributed by atoms with E-state index in [9.17, 15) is 15.0 Å². The highest BCUT2D eigenvalue weighted by Gasteiger charge is 2.42. The van der Waals surface area contributed by atoms with Gasteiger partial charge in [0.05, 0.1) is 17.9 Å². The van der Waals surface area contributed by atoms with Crippen LogP contribution in [0.3, 0.4) is 0 Å². The Morgan fingerprint density at radius 1 is 1.26 bits per heavy atom. The molecule has 0 bridgehead atoms. The lowest BCUT2D eigenvalue weighted by Crippen LogP contribution is -2.36. The summed E-state index contributed by atoms with van der Waals surface area (Å²) in [5, 5.41) is 40.0. The van der Waals surface area contributed by atoms with Crippen molar-refractivity contribution in [1.82, 2.24) is 0 Å². The fourth-order valence-electron chi connectivity index (χ4n) is 1.97. The first-order chi connectivity index (χ1) is 9.04. The number of aliphatic hydroxyl groups excluding tert-OH is 3. The van der Waals surface area contributed by atoms with Crippen LogP contribution < -0.4 is 5.32 Å². The molecule has 7 nitrogen and oxygen atoms in total. The third kappa shape index (κ3) is 2.69. The van der Waals surface area contributed by atoms with Crippen molar-refractivity contribution in [3.05, 3.63) is 29.8 Å². The quantitative estimate of drug-likeness (QED) is 0.487. The fraction of sp³-hybridized carbons (Fsp3) is 0.417. The lowest BCUT2D eigenvalue weighted by molar-refractivity contribution is -0.0153. The van der Waals surface area contributed by atoms with Crippen molar-refractivity contribution in [3.8, 4) is 0 Å². The zero-order chi connectivity index (χ0) is 14.0. The molecule has 0 spiro atoms. The predicted molar refractivity (Wildman–Crippen MR) is 64.8 cm³/mol. The monoisotopic (exact) mass is 269 g/mol. The van der Waals surface area contributed by atoms with Crippen LogP contribution in [0.5, 0.6) is 0 Å². The third-order valence-corrected chi connectivity index (χ3v) is 3.00. The van der Waals surface area contributed by atoms with Gasteiger partial charge in [-0.2, -0.15) is 0 Å². The summed E-state index contributed by atoms with van der Waals surface area (Å²) >= 11 is 0. The molecule has 104 valence electrons. The third-order valence-electron chi connectivity index (χ3n) is 3.00. The summed E-state index contributed by atoms with van der Waals surface area (Å²) in [6.45, 7) is -0.434. The Morgan fingerprint density at radius 2 is 1.95 bits per heavy atom. The van der Waals surface area contributed by atoms with Crippen molar-refractivity contribution in [2.75, 3.05) is 11.9 Å². The van der Waals surface area contributed by atoms with Gasteiger partial charge in [-0.1, -0.05) is 12.1 Å². The second-order valence-corrected chi connectivity index (χ2v) is 4.25. The number of ether oxygens (including phenoxy) is 1. The van der Waals surface area contributed by atoms with Crippen molar-refractivity contribution in [2.45, 2.75) is 24.5 Å². The number of hydrogen-bond donors (Lipinski definition) is 5. The number of para-hydroxylation sites is 1. The normalized spacial score (nSPS) is 30.3. The molecule has 0 aliphatic carbocycles. The van der Waals surface area contributed by atoms with Crippen LogP contribution in [0, 0.1) is 0 Å². The first-order valence-corrected chi connectivity index (χ1v) is 5.76. The number of nitrogens with one attached hydrogen (secondary N) is 1. The molecular formula is C12H15NO6. The molecule has 4 atom stereocenters. The van der Waals surface area contributed by atoms with Gasteiger partial charge >= 0.3 is 5.97 Å². The maximum absolute atomic E-state index is 11.0. The van der Waals surface area contributed by atoms with Gasteiger partial charge in [0, 0.05) is 0 Å². The number of benzene rings is 1. The molecule has 1 aromatic rings. The van der Waals surface area contributed by atoms with Gasteiger partial charge in [-0.3, -0.25) is 0 Å². The van der Waals surface area contributed by atoms with Gasteiger partial charge in [-0.05, 0) is 12.1 Å². The van der Waals surface area contributed by atoms with Crippen LogP contribution in [-0.2, 0) is 4.74 Å². The summed E-state index contributed by atoms with van der Waals surface area (Å²) < 4.78 is 5.22. The smallest absolute Gasteiger partial charge is 0.337 e. The van der Waals surface area contributed by atoms with Gasteiger partial charge in [0.2, 0.25) is 0 Å². The molecule has 0 radical (unpaired) electrons. The van der Waals surface area contributed by atoms with E-state index in [2.05, 4.69) is 5.32 Å². The molecule has 1 saturated heterocycles. The van der Waals surface area contributed by atoms with E-state index in [0.29, 0.717) is 0 Å². The van der Waals surface area contributed by atoms with E-state index in [-0.39, 0.29) is 11.3 Å². The Bertz CT molecular complexity index is 465. The van der Waals surface area contributed by atoms with Gasteiger partial charge in [-0.15, -0.1) is 0 Å². The van der Waals surface area contributed by atoms with Crippen molar-refractivity contribution < 1.29 is 30.0 Å². The molecule has 0 amide bonds. The standard InChI is InChI=1S/C12H15NO6/c14-5-8-9(15)10(16)11(19-8)13-7-4-2-1-3-6(7)12(17)18/h1-4,8-11,13-16H,5H2,(H,17,18)/t8-,9-,10-,11?/m1/s1. The molecule has 5 N–H and O–H groups in total. The van der Waals surface area contributed by atoms with E-state index < -0.39 is 37.1 Å². The van der Waals surface area contributed by atoms with Crippen LogP contribution in [0.2, 0.25) is 0 Å². The Balaban J connectivity index is 2.16. The van der Waals surface area contributed by atoms with Crippen molar-refractivity contribution >= 4 is 11.7 Å². The number of rotatable bonds is 4. The minimum Gasteiger partial charge on any atom is -0.478 e. The molecule has 7 heteroatoms. The topological polar surface area (TPSA) is 119 Å². The zero-order valence-corrected chi connectivity index (χ0v) is 9.93. The molecule has 19 heavy (non-hydrogen) atoms. The fourth-order valence-corrected chi connectivity index (χ4v) is 1.97. The SMILES string of the molecule is O=C(O)c1ccccc1NC1O[C@H](CO)[C@@H](O)[C@H]1O. The number of carboxylic acid groups (broad SMARTS) is 1. The summed E-state index contributed by atoms with van der Waals surface area (Å²) in [6, 6.07) is 6.14. The number of carboxylic acids is 1. The Hall–Kier alpha value is -1.67. The molecule has 2 rings (SSSR count). The van der Waals surface area contributed by atoms with Crippen LogP contribution in [0.1, 0.15) is 10.4 Å². The molecule has 1 aromatic carbocycles. The van der Waals surface area contributed by atoms with Gasteiger partial charge in [0.25, 0.3) is 0 Å². The highest BCUT2D eigenvalue weighted by molar-refractivity contribution is 5.94. The summed E-state index contributed by atoms with van der Waals surface area (Å²) in [5.41, 5.74) is 0.296. The van der Waals surface area contributed by atoms with E-state index in [1.54, 1.807) is 12.1 Å². The Labute approximate surface area is 109 Å². The average molecular weight is 269 g/mol. The minimum atomic E-state index is -1.25. The van der Waals surface area contributed by atoms with Crippen LogP contribution in [0.4, 0.5) is 5.69 Å². The highest BCUT2D eigenvalue weighted by atomic mass is 16.6. The molecule has 1 aliphatic rings. The lowest BCUT2D eigenvalue weighted by atomic mass is 10.1. The lowest BCUT2D eigenvalue weighted by Gasteiger charge is -2.18. The van der Waals surface area contributed by atoms with Crippen LogP contribution in [-0.4, -0.2) is 57.5 Å². The van der Waals surface area contributed by atoms with Gasteiger partial charge in [0.15, 0.2) is 6.23 Å². The van der Waals surface area contributed by atoms with E-state index >= 15 is 0 Å². The van der Waals surface area contributed by atoms with Gasteiger partial charge < -0.3 is 30.5 Å². The first kappa shape index (κ1) is 13.8. The Morgan fingerprint density at radius 3 is 2.53 bits per heavy atom. The number of carbonyl (C=O) groups is 1. The average Bonchev–Trinajstić information content (AvgIpc) is 2.67. The van der Waals surface area contributed by atoms with Gasteiger partial charge in [0.1, 0.15) is 18.3 Å². The number of aromatic carboxylic acids is 1. The maximum Gasteiger partial charge on any atom is 0.337 e.